The van der Waals surface area contributed by atoms with Crippen molar-refractivity contribution >= 4 is 5.91 Å². The molecule has 4 rings (SSSR count). The quantitative estimate of drug-likeness (QED) is 0.855. The van der Waals surface area contributed by atoms with Crippen molar-refractivity contribution in [3.05, 3.63) is 42.0 Å². The highest BCUT2D eigenvalue weighted by molar-refractivity contribution is 5.92. The van der Waals surface area contributed by atoms with Crippen molar-refractivity contribution in [3.8, 4) is 5.69 Å². The number of carbonyl (C=O) groups is 1. The summed E-state index contributed by atoms with van der Waals surface area (Å²) in [4.78, 5) is 15.8. The highest BCUT2D eigenvalue weighted by atomic mass is 19.1. The van der Waals surface area contributed by atoms with Crippen LogP contribution in [0, 0.1) is 17.7 Å². The fourth-order valence-electron chi connectivity index (χ4n) is 3.62. The molecule has 0 N–H and O–H groups in total. The van der Waals surface area contributed by atoms with Crippen molar-refractivity contribution in [3.63, 3.8) is 0 Å². The molecule has 1 aliphatic carbocycles. The number of hydrogen-bond acceptors (Lipinski definition) is 3. The number of likely N-dealkylation sites (tertiary alicyclic amines) is 1. The van der Waals surface area contributed by atoms with Crippen LogP contribution >= 0.6 is 0 Å². The third-order valence-electron chi connectivity index (χ3n) is 4.78. The number of benzene rings is 1. The number of hydrogen-bond donors (Lipinski definition) is 0. The molecule has 0 radical (unpaired) electrons. The average molecular weight is 300 g/mol. The third-order valence-corrected chi connectivity index (χ3v) is 4.78. The smallest absolute Gasteiger partial charge is 0.276 e. The Morgan fingerprint density at radius 3 is 2.50 bits per heavy atom. The Kier molecular flexibility index (Phi) is 3.17. The lowest BCUT2D eigenvalue weighted by Gasteiger charge is -2.15. The van der Waals surface area contributed by atoms with Crippen LogP contribution in [-0.4, -0.2) is 38.9 Å². The Bertz CT molecular complexity index is 684. The van der Waals surface area contributed by atoms with Gasteiger partial charge in [-0.3, -0.25) is 4.79 Å². The molecule has 2 aliphatic rings. The summed E-state index contributed by atoms with van der Waals surface area (Å²) in [6, 6.07) is 5.87. The Balaban J connectivity index is 1.51. The molecule has 1 aliphatic heterocycles. The second kappa shape index (κ2) is 5.19. The predicted molar refractivity (Wildman–Crippen MR) is 78.1 cm³/mol. The van der Waals surface area contributed by atoms with E-state index in [0.717, 1.165) is 13.1 Å². The Hall–Kier alpha value is -2.24. The zero-order valence-electron chi connectivity index (χ0n) is 12.2. The summed E-state index contributed by atoms with van der Waals surface area (Å²) in [5.41, 5.74) is 0.989. The van der Waals surface area contributed by atoms with Crippen molar-refractivity contribution in [1.82, 2.24) is 19.9 Å². The van der Waals surface area contributed by atoms with Crippen molar-refractivity contribution in [1.29, 1.82) is 0 Å². The van der Waals surface area contributed by atoms with Gasteiger partial charge in [0, 0.05) is 13.1 Å². The van der Waals surface area contributed by atoms with E-state index in [1.165, 1.54) is 42.4 Å². The summed E-state index contributed by atoms with van der Waals surface area (Å²) in [6.45, 7) is 1.68. The van der Waals surface area contributed by atoms with Crippen LogP contribution in [0.4, 0.5) is 4.39 Å². The second-order valence-corrected chi connectivity index (χ2v) is 6.16. The lowest BCUT2D eigenvalue weighted by atomic mass is 10.0. The number of rotatable bonds is 2. The zero-order valence-corrected chi connectivity index (χ0v) is 12.2. The molecule has 1 amide bonds. The Labute approximate surface area is 127 Å². The number of aromatic nitrogens is 3. The fourth-order valence-corrected chi connectivity index (χ4v) is 3.62. The monoisotopic (exact) mass is 300 g/mol. The fraction of sp³-hybridized carbons (Fsp3) is 0.438. The molecule has 5 nitrogen and oxygen atoms in total. The van der Waals surface area contributed by atoms with E-state index in [1.54, 1.807) is 12.1 Å². The van der Waals surface area contributed by atoms with Crippen LogP contribution < -0.4 is 0 Å². The van der Waals surface area contributed by atoms with Crippen LogP contribution in [-0.2, 0) is 0 Å². The molecular weight excluding hydrogens is 283 g/mol. The van der Waals surface area contributed by atoms with Gasteiger partial charge in [-0.15, -0.1) is 5.10 Å². The van der Waals surface area contributed by atoms with Gasteiger partial charge in [-0.2, -0.15) is 9.90 Å². The van der Waals surface area contributed by atoms with Gasteiger partial charge in [0.1, 0.15) is 5.82 Å². The first kappa shape index (κ1) is 13.4. The van der Waals surface area contributed by atoms with E-state index in [2.05, 4.69) is 10.2 Å². The molecule has 2 heterocycles. The first-order valence-electron chi connectivity index (χ1n) is 7.68. The van der Waals surface area contributed by atoms with Gasteiger partial charge in [0.25, 0.3) is 5.91 Å². The van der Waals surface area contributed by atoms with Gasteiger partial charge in [0.2, 0.25) is 0 Å². The molecule has 1 saturated heterocycles. The molecule has 2 fully saturated rings. The molecule has 0 spiro atoms. The maximum atomic E-state index is 12.9. The third kappa shape index (κ3) is 2.28. The predicted octanol–water partition coefficient (Wildman–Crippen LogP) is 2.28. The van der Waals surface area contributed by atoms with Crippen LogP contribution in [0.3, 0.4) is 0 Å². The van der Waals surface area contributed by atoms with E-state index in [1.807, 2.05) is 4.90 Å². The van der Waals surface area contributed by atoms with Crippen molar-refractivity contribution in [2.75, 3.05) is 13.1 Å². The molecule has 2 atom stereocenters. The van der Waals surface area contributed by atoms with Gasteiger partial charge in [-0.25, -0.2) is 4.39 Å². The van der Waals surface area contributed by atoms with Crippen LogP contribution in [0.25, 0.3) is 5.69 Å². The van der Waals surface area contributed by atoms with Crippen LogP contribution in [0.1, 0.15) is 29.8 Å². The molecule has 1 aromatic heterocycles. The summed E-state index contributed by atoms with van der Waals surface area (Å²) < 4.78 is 12.9. The standard InChI is InChI=1S/C16H17FN4O/c17-13-4-6-14(7-5-13)21-18-8-15(19-21)16(22)20-9-11-2-1-3-12(11)10-20/h4-8,11-12H,1-3,9-10H2/t11-,12+. The summed E-state index contributed by atoms with van der Waals surface area (Å²) in [5.74, 6) is 0.964. The summed E-state index contributed by atoms with van der Waals surface area (Å²) in [5, 5.41) is 8.36. The van der Waals surface area contributed by atoms with Gasteiger partial charge in [0.15, 0.2) is 5.69 Å². The van der Waals surface area contributed by atoms with Crippen LogP contribution in [0.5, 0.6) is 0 Å². The number of carbonyl (C=O) groups excluding carboxylic acids is 1. The maximum absolute atomic E-state index is 12.9. The number of halogens is 1. The van der Waals surface area contributed by atoms with E-state index in [4.69, 9.17) is 0 Å². The molecular formula is C16H17FN4O. The summed E-state index contributed by atoms with van der Waals surface area (Å²) in [6.07, 6.45) is 5.24. The minimum absolute atomic E-state index is 0.0530. The highest BCUT2D eigenvalue weighted by Crippen LogP contribution is 2.38. The molecule has 1 aromatic carbocycles. The van der Waals surface area contributed by atoms with Gasteiger partial charge < -0.3 is 4.90 Å². The summed E-state index contributed by atoms with van der Waals surface area (Å²) >= 11 is 0. The Morgan fingerprint density at radius 1 is 1.14 bits per heavy atom. The molecule has 1 saturated carbocycles. The minimum Gasteiger partial charge on any atom is -0.337 e. The van der Waals surface area contributed by atoms with Gasteiger partial charge in [-0.05, 0) is 48.9 Å². The normalized spacial score (nSPS) is 23.8. The second-order valence-electron chi connectivity index (χ2n) is 6.16. The van der Waals surface area contributed by atoms with Gasteiger partial charge >= 0.3 is 0 Å². The van der Waals surface area contributed by atoms with Crippen molar-refractivity contribution in [2.45, 2.75) is 19.3 Å². The zero-order chi connectivity index (χ0) is 15.1. The van der Waals surface area contributed by atoms with Crippen LogP contribution in [0.15, 0.2) is 30.5 Å². The van der Waals surface area contributed by atoms with Gasteiger partial charge in [0.05, 0.1) is 11.9 Å². The lowest BCUT2D eigenvalue weighted by molar-refractivity contribution is 0.0774. The van der Waals surface area contributed by atoms with Crippen molar-refractivity contribution < 1.29 is 9.18 Å². The molecule has 114 valence electrons. The topological polar surface area (TPSA) is 51.0 Å². The van der Waals surface area contributed by atoms with E-state index >= 15 is 0 Å². The maximum Gasteiger partial charge on any atom is 0.276 e. The summed E-state index contributed by atoms with van der Waals surface area (Å²) in [7, 11) is 0. The van der Waals surface area contributed by atoms with E-state index in [0.29, 0.717) is 23.2 Å². The van der Waals surface area contributed by atoms with Crippen molar-refractivity contribution in [2.24, 2.45) is 11.8 Å². The molecule has 0 unspecified atom stereocenters. The molecule has 0 bridgehead atoms. The van der Waals surface area contributed by atoms with Gasteiger partial charge in [-0.1, -0.05) is 6.42 Å². The van der Waals surface area contributed by atoms with E-state index < -0.39 is 0 Å². The lowest BCUT2D eigenvalue weighted by Crippen LogP contribution is -2.29. The number of amides is 1. The average Bonchev–Trinajstić information content (AvgIpc) is 3.22. The number of nitrogens with zero attached hydrogens (tertiary/aromatic N) is 4. The molecule has 22 heavy (non-hydrogen) atoms. The molecule has 2 aromatic rings. The van der Waals surface area contributed by atoms with Crippen LogP contribution in [0.2, 0.25) is 0 Å². The number of fused-ring (bicyclic) bond motifs is 1. The minimum atomic E-state index is -0.309. The first-order valence-corrected chi connectivity index (χ1v) is 7.68. The van der Waals surface area contributed by atoms with E-state index in [-0.39, 0.29) is 11.7 Å². The highest BCUT2D eigenvalue weighted by Gasteiger charge is 2.38. The first-order chi connectivity index (χ1) is 10.7. The molecule has 6 heteroatoms. The SMILES string of the molecule is O=C(c1cnn(-c2ccc(F)cc2)n1)N1C[C@H]2CCC[C@H]2C1. The largest absolute Gasteiger partial charge is 0.337 e. The Morgan fingerprint density at radius 2 is 1.82 bits per heavy atom. The van der Waals surface area contributed by atoms with E-state index in [9.17, 15) is 9.18 Å².